The predicted molar refractivity (Wildman–Crippen MR) is 95.7 cm³/mol. The molecule has 0 spiro atoms. The molecule has 0 amide bonds. The molecule has 1 fully saturated rings. The number of phenolic OH excluding ortho intramolecular Hbond substituents is 1. The summed E-state index contributed by atoms with van der Waals surface area (Å²) < 4.78 is 2.01. The Hall–Kier alpha value is -1.75. The summed E-state index contributed by atoms with van der Waals surface area (Å²) in [7, 11) is 0. The zero-order chi connectivity index (χ0) is 16.5. The first-order chi connectivity index (χ1) is 11.7. The molecular formula is C19H22N2O2S. The first-order valence-electron chi connectivity index (χ1n) is 8.77. The molecule has 2 aromatic rings. The number of aromatic nitrogens is 2. The molecule has 1 aromatic heterocycles. The molecular weight excluding hydrogens is 320 g/mol. The Morgan fingerprint density at radius 1 is 1.12 bits per heavy atom. The van der Waals surface area contributed by atoms with E-state index in [9.17, 15) is 9.90 Å². The summed E-state index contributed by atoms with van der Waals surface area (Å²) in [5, 5.41) is 10.3. The molecule has 1 heterocycles. The van der Waals surface area contributed by atoms with Crippen molar-refractivity contribution < 1.29 is 5.11 Å². The van der Waals surface area contributed by atoms with Gasteiger partial charge in [-0.15, -0.1) is 11.8 Å². The van der Waals surface area contributed by atoms with Gasteiger partial charge in [-0.05, 0) is 49.8 Å². The lowest BCUT2D eigenvalue weighted by Gasteiger charge is -2.19. The monoisotopic (exact) mass is 342 g/mol. The number of nitrogens with zero attached hydrogens (tertiary/aromatic N) is 2. The van der Waals surface area contributed by atoms with E-state index in [-0.39, 0.29) is 11.4 Å². The number of phenols is 1. The highest BCUT2D eigenvalue weighted by atomic mass is 32.2. The van der Waals surface area contributed by atoms with Crippen LogP contribution in [0.25, 0.3) is 0 Å². The molecule has 5 heteroatoms. The van der Waals surface area contributed by atoms with E-state index in [0.717, 1.165) is 48.4 Å². The summed E-state index contributed by atoms with van der Waals surface area (Å²) in [6, 6.07) is 7.61. The van der Waals surface area contributed by atoms with Gasteiger partial charge >= 0.3 is 5.69 Å². The van der Waals surface area contributed by atoms with Gasteiger partial charge in [0.1, 0.15) is 10.8 Å². The smallest absolute Gasteiger partial charge is 0.349 e. The average Bonchev–Trinajstić information content (AvgIpc) is 3.25. The van der Waals surface area contributed by atoms with E-state index >= 15 is 0 Å². The van der Waals surface area contributed by atoms with Gasteiger partial charge in [0.05, 0.1) is 0 Å². The molecule has 0 bridgehead atoms. The van der Waals surface area contributed by atoms with E-state index in [1.165, 1.54) is 24.1 Å². The maximum atomic E-state index is 12.6. The zero-order valence-corrected chi connectivity index (χ0v) is 14.5. The van der Waals surface area contributed by atoms with Crippen LogP contribution in [-0.4, -0.2) is 14.7 Å². The van der Waals surface area contributed by atoms with Crippen LogP contribution < -0.4 is 5.69 Å². The second-order valence-electron chi connectivity index (χ2n) is 6.74. The molecule has 1 saturated carbocycles. The van der Waals surface area contributed by atoms with Gasteiger partial charge in [0.2, 0.25) is 0 Å². The van der Waals surface area contributed by atoms with Crippen LogP contribution in [0.15, 0.2) is 34.1 Å². The maximum absolute atomic E-state index is 12.6. The van der Waals surface area contributed by atoms with Gasteiger partial charge in [-0.3, -0.25) is 4.57 Å². The van der Waals surface area contributed by atoms with Crippen LogP contribution in [0.2, 0.25) is 0 Å². The lowest BCUT2D eigenvalue weighted by Crippen LogP contribution is -2.29. The SMILES string of the molecule is O=c1nc(SCc2ccc(O)cc2)c2c(n1C1CCCC1)CCC2. The van der Waals surface area contributed by atoms with Crippen LogP contribution in [0.1, 0.15) is 55.0 Å². The number of hydrogen-bond acceptors (Lipinski definition) is 4. The summed E-state index contributed by atoms with van der Waals surface area (Å²) >= 11 is 1.64. The Morgan fingerprint density at radius 2 is 1.88 bits per heavy atom. The highest BCUT2D eigenvalue weighted by molar-refractivity contribution is 7.98. The van der Waals surface area contributed by atoms with Crippen LogP contribution in [0.3, 0.4) is 0 Å². The van der Waals surface area contributed by atoms with Crippen molar-refractivity contribution in [3.05, 3.63) is 51.6 Å². The van der Waals surface area contributed by atoms with Crippen LogP contribution in [0.4, 0.5) is 0 Å². The Morgan fingerprint density at radius 3 is 2.62 bits per heavy atom. The van der Waals surface area contributed by atoms with Crippen molar-refractivity contribution in [1.82, 2.24) is 9.55 Å². The molecule has 24 heavy (non-hydrogen) atoms. The predicted octanol–water partition coefficient (Wildman–Crippen LogP) is 3.85. The Bertz CT molecular complexity index is 792. The molecule has 4 rings (SSSR count). The summed E-state index contributed by atoms with van der Waals surface area (Å²) in [5.74, 6) is 1.05. The van der Waals surface area contributed by atoms with Gasteiger partial charge in [-0.1, -0.05) is 25.0 Å². The Labute approximate surface area is 145 Å². The van der Waals surface area contributed by atoms with Crippen LogP contribution in [-0.2, 0) is 18.6 Å². The topological polar surface area (TPSA) is 55.1 Å². The van der Waals surface area contributed by atoms with Crippen LogP contribution in [0.5, 0.6) is 5.75 Å². The van der Waals surface area contributed by atoms with Crippen molar-refractivity contribution in [3.63, 3.8) is 0 Å². The fourth-order valence-electron chi connectivity index (χ4n) is 3.95. The van der Waals surface area contributed by atoms with E-state index in [2.05, 4.69) is 4.98 Å². The first-order valence-corrected chi connectivity index (χ1v) is 9.76. The minimum Gasteiger partial charge on any atom is -0.508 e. The summed E-state index contributed by atoms with van der Waals surface area (Å²) in [5.41, 5.74) is 3.61. The molecule has 2 aliphatic carbocycles. The zero-order valence-electron chi connectivity index (χ0n) is 13.7. The summed E-state index contributed by atoms with van der Waals surface area (Å²) in [6.45, 7) is 0. The largest absolute Gasteiger partial charge is 0.508 e. The van der Waals surface area contributed by atoms with Gasteiger partial charge < -0.3 is 5.11 Å². The van der Waals surface area contributed by atoms with Gasteiger partial charge in [-0.25, -0.2) is 4.79 Å². The second kappa shape index (κ2) is 6.63. The molecule has 0 radical (unpaired) electrons. The summed E-state index contributed by atoms with van der Waals surface area (Å²) in [4.78, 5) is 17.1. The fraction of sp³-hybridized carbons (Fsp3) is 0.474. The molecule has 0 aliphatic heterocycles. The first kappa shape index (κ1) is 15.8. The molecule has 2 aliphatic rings. The van der Waals surface area contributed by atoms with Crippen molar-refractivity contribution >= 4 is 11.8 Å². The number of fused-ring (bicyclic) bond motifs is 1. The van der Waals surface area contributed by atoms with Gasteiger partial charge in [0, 0.05) is 23.1 Å². The van der Waals surface area contributed by atoms with E-state index in [1.807, 2.05) is 16.7 Å². The lowest BCUT2D eigenvalue weighted by molar-refractivity contribution is 0.471. The van der Waals surface area contributed by atoms with E-state index < -0.39 is 0 Å². The standard InChI is InChI=1S/C19H22N2O2S/c22-15-10-8-13(9-11-15)12-24-18-16-6-3-7-17(16)21(19(23)20-18)14-4-1-2-5-14/h8-11,14,22H,1-7,12H2. The van der Waals surface area contributed by atoms with E-state index in [4.69, 9.17) is 0 Å². The normalized spacial score (nSPS) is 17.3. The Balaban J connectivity index is 1.62. The number of benzene rings is 1. The highest BCUT2D eigenvalue weighted by Gasteiger charge is 2.27. The van der Waals surface area contributed by atoms with Crippen LogP contribution in [0, 0.1) is 0 Å². The molecule has 126 valence electrons. The average molecular weight is 342 g/mol. The van der Waals surface area contributed by atoms with Gasteiger partial charge in [0.15, 0.2) is 0 Å². The fourth-order valence-corrected chi connectivity index (χ4v) is 4.98. The third-order valence-electron chi connectivity index (χ3n) is 5.14. The van der Waals surface area contributed by atoms with Crippen molar-refractivity contribution in [2.75, 3.05) is 0 Å². The second-order valence-corrected chi connectivity index (χ2v) is 7.71. The van der Waals surface area contributed by atoms with Crippen molar-refractivity contribution in [3.8, 4) is 5.75 Å². The highest BCUT2D eigenvalue weighted by Crippen LogP contribution is 2.35. The molecule has 4 nitrogen and oxygen atoms in total. The number of rotatable bonds is 4. The molecule has 0 saturated heterocycles. The van der Waals surface area contributed by atoms with Gasteiger partial charge in [-0.2, -0.15) is 4.98 Å². The molecule has 0 atom stereocenters. The third-order valence-corrected chi connectivity index (χ3v) is 6.23. The minimum atomic E-state index is -0.0595. The molecule has 0 unspecified atom stereocenters. The quantitative estimate of drug-likeness (QED) is 0.677. The molecule has 1 aromatic carbocycles. The third kappa shape index (κ3) is 2.97. The number of hydrogen-bond donors (Lipinski definition) is 1. The van der Waals surface area contributed by atoms with Crippen molar-refractivity contribution in [2.24, 2.45) is 0 Å². The van der Waals surface area contributed by atoms with Gasteiger partial charge in [0.25, 0.3) is 0 Å². The number of thioether (sulfide) groups is 1. The summed E-state index contributed by atoms with van der Waals surface area (Å²) in [6.07, 6.45) is 7.86. The van der Waals surface area contributed by atoms with Crippen LogP contribution >= 0.6 is 11.8 Å². The van der Waals surface area contributed by atoms with E-state index in [1.54, 1.807) is 23.9 Å². The maximum Gasteiger partial charge on any atom is 0.349 e. The van der Waals surface area contributed by atoms with Crippen molar-refractivity contribution in [1.29, 1.82) is 0 Å². The van der Waals surface area contributed by atoms with E-state index in [0.29, 0.717) is 6.04 Å². The molecule has 1 N–H and O–H groups in total. The minimum absolute atomic E-state index is 0.0595. The van der Waals surface area contributed by atoms with Crippen molar-refractivity contribution in [2.45, 2.75) is 61.8 Å². The number of aromatic hydroxyl groups is 1. The Kier molecular flexibility index (Phi) is 4.35. The lowest BCUT2D eigenvalue weighted by atomic mass is 10.2.